The molecule has 170 valence electrons. The van der Waals surface area contributed by atoms with E-state index in [1.165, 1.54) is 0 Å². The van der Waals surface area contributed by atoms with Gasteiger partial charge in [0.1, 0.15) is 5.75 Å². The number of carbonyl (C=O) groups is 1. The van der Waals surface area contributed by atoms with Gasteiger partial charge >= 0.3 is 5.97 Å². The molecule has 0 amide bonds. The number of rotatable bonds is 11. The summed E-state index contributed by atoms with van der Waals surface area (Å²) >= 11 is 12.2. The van der Waals surface area contributed by atoms with Gasteiger partial charge in [-0.2, -0.15) is 0 Å². The van der Waals surface area contributed by atoms with Gasteiger partial charge in [-0.25, -0.2) is 4.79 Å². The van der Waals surface area contributed by atoms with Crippen molar-refractivity contribution in [1.82, 2.24) is 0 Å². The fourth-order valence-electron chi connectivity index (χ4n) is 2.97. The van der Waals surface area contributed by atoms with E-state index < -0.39 is 16.6 Å². The Bertz CT molecular complexity index is 945. The second-order valence-corrected chi connectivity index (χ2v) is 9.30. The number of unbranched alkanes of at least 4 members (excludes halogenated alkanes) is 1. The number of benzene rings is 2. The lowest BCUT2D eigenvalue weighted by Gasteiger charge is -2.28. The standard InChI is InChI=1S/C22H28Cl2N2O4S/c1-3-5-9-26(10-6-11-27)19-12-15(22(28)29)13-20(31(25)4-2)21(19)30-16-7-8-17(23)18(24)14-16/h4,7-8,12-14,27H,3,5-6,9-11,25H2,1-2H3,(H,28,29). The summed E-state index contributed by atoms with van der Waals surface area (Å²) in [4.78, 5) is 14.5. The molecule has 0 fully saturated rings. The number of nitrogens with zero attached hydrogens (tertiary/aromatic N) is 1. The van der Waals surface area contributed by atoms with Crippen LogP contribution >= 0.6 is 33.9 Å². The number of aliphatic hydroxyl groups is 1. The average Bonchev–Trinajstić information content (AvgIpc) is 2.76. The van der Waals surface area contributed by atoms with Crippen LogP contribution in [-0.2, 0) is 0 Å². The van der Waals surface area contributed by atoms with E-state index in [0.29, 0.717) is 51.6 Å². The van der Waals surface area contributed by atoms with Crippen LogP contribution in [0.25, 0.3) is 0 Å². The van der Waals surface area contributed by atoms with E-state index in [1.807, 2.05) is 11.8 Å². The van der Waals surface area contributed by atoms with Gasteiger partial charge < -0.3 is 19.8 Å². The predicted molar refractivity (Wildman–Crippen MR) is 131 cm³/mol. The highest BCUT2D eigenvalue weighted by Gasteiger charge is 2.22. The molecule has 2 rings (SSSR count). The van der Waals surface area contributed by atoms with Crippen LogP contribution in [0.5, 0.6) is 11.5 Å². The third kappa shape index (κ3) is 6.85. The summed E-state index contributed by atoms with van der Waals surface area (Å²) in [6.07, 6.45) is 2.41. The molecular formula is C22H28Cl2N2O4S. The topological polar surface area (TPSA) is 96.0 Å². The Labute approximate surface area is 195 Å². The molecule has 0 spiro atoms. The van der Waals surface area contributed by atoms with E-state index in [2.05, 4.69) is 6.92 Å². The van der Waals surface area contributed by atoms with Gasteiger partial charge in [0.25, 0.3) is 0 Å². The predicted octanol–water partition coefficient (Wildman–Crippen LogP) is 5.80. The van der Waals surface area contributed by atoms with E-state index >= 15 is 0 Å². The molecule has 0 aliphatic rings. The number of halogens is 2. The molecule has 0 aromatic heterocycles. The number of hydrogen-bond donors (Lipinski definition) is 3. The molecule has 31 heavy (non-hydrogen) atoms. The molecule has 0 bridgehead atoms. The summed E-state index contributed by atoms with van der Waals surface area (Å²) in [6.45, 7) is 5.16. The maximum atomic E-state index is 11.8. The molecule has 0 saturated carbocycles. The Hall–Kier alpha value is -1.77. The highest BCUT2D eigenvalue weighted by Crippen LogP contribution is 2.43. The first-order valence-corrected chi connectivity index (χ1v) is 12.1. The number of aliphatic hydroxyl groups excluding tert-OH is 1. The Kier molecular flexibility index (Phi) is 10.1. The summed E-state index contributed by atoms with van der Waals surface area (Å²) in [7, 11) is -0.849. The van der Waals surface area contributed by atoms with Gasteiger partial charge in [-0.3, -0.25) is 5.14 Å². The van der Waals surface area contributed by atoms with Gasteiger partial charge in [-0.05, 0) is 49.4 Å². The number of hydrogen-bond acceptors (Lipinski definition) is 5. The second-order valence-electron chi connectivity index (χ2n) is 6.83. The van der Waals surface area contributed by atoms with Crippen molar-refractivity contribution in [1.29, 1.82) is 0 Å². The van der Waals surface area contributed by atoms with Crippen LogP contribution in [0.1, 0.15) is 43.5 Å². The summed E-state index contributed by atoms with van der Waals surface area (Å²) < 4.78 is 6.24. The van der Waals surface area contributed by atoms with Crippen molar-refractivity contribution in [3.8, 4) is 11.5 Å². The van der Waals surface area contributed by atoms with Gasteiger partial charge in [0.05, 0.1) is 26.2 Å². The Morgan fingerprint density at radius 2 is 1.90 bits per heavy atom. The van der Waals surface area contributed by atoms with Crippen molar-refractivity contribution in [3.63, 3.8) is 0 Å². The van der Waals surface area contributed by atoms with E-state index in [1.54, 1.807) is 35.7 Å². The van der Waals surface area contributed by atoms with Crippen molar-refractivity contribution in [2.24, 2.45) is 5.14 Å². The highest BCUT2D eigenvalue weighted by atomic mass is 35.5. The fraction of sp³-hybridized carbons (Fsp3) is 0.364. The lowest BCUT2D eigenvalue weighted by atomic mass is 10.1. The molecule has 0 aliphatic carbocycles. The molecule has 0 aliphatic heterocycles. The molecule has 0 heterocycles. The van der Waals surface area contributed by atoms with Crippen molar-refractivity contribution in [3.05, 3.63) is 45.9 Å². The SMILES string of the molecule is C/C=S(/N)c1cc(C(=O)O)cc(N(CCCC)CCCO)c1Oc1ccc(Cl)c(Cl)c1. The molecule has 9 heteroatoms. The fourth-order valence-corrected chi connectivity index (χ4v) is 4.14. The number of carboxylic acid groups (broad SMARTS) is 1. The zero-order chi connectivity index (χ0) is 23.0. The molecule has 2 aromatic carbocycles. The van der Waals surface area contributed by atoms with Crippen molar-refractivity contribution < 1.29 is 19.7 Å². The lowest BCUT2D eigenvalue weighted by Crippen LogP contribution is -2.27. The molecule has 2 aromatic rings. The molecule has 1 unspecified atom stereocenters. The third-order valence-corrected chi connectivity index (χ3v) is 6.67. The Morgan fingerprint density at radius 3 is 2.48 bits per heavy atom. The van der Waals surface area contributed by atoms with Gasteiger partial charge in [-0.1, -0.05) is 47.2 Å². The Balaban J connectivity index is 2.71. The summed E-state index contributed by atoms with van der Waals surface area (Å²) in [5.74, 6) is -0.110. The zero-order valence-electron chi connectivity index (χ0n) is 17.6. The van der Waals surface area contributed by atoms with Gasteiger partial charge in [-0.15, -0.1) is 0 Å². The zero-order valence-corrected chi connectivity index (χ0v) is 19.9. The number of carboxylic acids is 1. The highest BCUT2D eigenvalue weighted by molar-refractivity contribution is 8.13. The first kappa shape index (κ1) is 25.5. The van der Waals surface area contributed by atoms with Crippen LogP contribution in [0.15, 0.2) is 35.2 Å². The van der Waals surface area contributed by atoms with Crippen LogP contribution in [0.4, 0.5) is 5.69 Å². The average molecular weight is 487 g/mol. The number of nitrogens with two attached hydrogens (primary N) is 1. The van der Waals surface area contributed by atoms with E-state index in [4.69, 9.17) is 33.1 Å². The van der Waals surface area contributed by atoms with Gasteiger partial charge in [0, 0.05) is 25.8 Å². The largest absolute Gasteiger partial charge is 0.478 e. The van der Waals surface area contributed by atoms with Crippen LogP contribution in [0.2, 0.25) is 10.0 Å². The number of ether oxygens (including phenoxy) is 1. The maximum Gasteiger partial charge on any atom is 0.335 e. The van der Waals surface area contributed by atoms with Gasteiger partial charge in [0.15, 0.2) is 5.75 Å². The van der Waals surface area contributed by atoms with Crippen LogP contribution in [-0.4, -0.2) is 41.2 Å². The first-order valence-electron chi connectivity index (χ1n) is 9.99. The van der Waals surface area contributed by atoms with Crippen LogP contribution in [0.3, 0.4) is 0 Å². The molecular weight excluding hydrogens is 459 g/mol. The normalized spacial score (nSPS) is 12.1. The quantitative estimate of drug-likeness (QED) is 0.347. The van der Waals surface area contributed by atoms with Crippen LogP contribution in [0, 0.1) is 0 Å². The maximum absolute atomic E-state index is 11.8. The van der Waals surface area contributed by atoms with E-state index in [0.717, 1.165) is 12.8 Å². The summed E-state index contributed by atoms with van der Waals surface area (Å²) in [6, 6.07) is 8.08. The van der Waals surface area contributed by atoms with Crippen molar-refractivity contribution in [2.45, 2.75) is 38.0 Å². The first-order chi connectivity index (χ1) is 14.8. The minimum atomic E-state index is -1.05. The summed E-state index contributed by atoms with van der Waals surface area (Å²) in [5.41, 5.74) is 0.745. The van der Waals surface area contributed by atoms with E-state index in [9.17, 15) is 15.0 Å². The molecule has 4 N–H and O–H groups in total. The Morgan fingerprint density at radius 1 is 1.19 bits per heavy atom. The van der Waals surface area contributed by atoms with Crippen molar-refractivity contribution >= 4 is 50.9 Å². The molecule has 6 nitrogen and oxygen atoms in total. The molecule has 0 saturated heterocycles. The monoisotopic (exact) mass is 486 g/mol. The van der Waals surface area contributed by atoms with E-state index in [-0.39, 0.29) is 12.2 Å². The molecule has 0 radical (unpaired) electrons. The van der Waals surface area contributed by atoms with Crippen molar-refractivity contribution in [2.75, 3.05) is 24.6 Å². The minimum absolute atomic E-state index is 0.0289. The minimum Gasteiger partial charge on any atom is -0.478 e. The number of anilines is 1. The lowest BCUT2D eigenvalue weighted by molar-refractivity contribution is 0.0696. The summed E-state index contributed by atoms with van der Waals surface area (Å²) in [5, 5.41) is 28.0. The second kappa shape index (κ2) is 12.3. The smallest absolute Gasteiger partial charge is 0.335 e. The van der Waals surface area contributed by atoms with Crippen LogP contribution < -0.4 is 14.8 Å². The van der Waals surface area contributed by atoms with Gasteiger partial charge in [0.2, 0.25) is 0 Å². The number of aromatic carboxylic acids is 1. The molecule has 1 atom stereocenters. The third-order valence-electron chi connectivity index (χ3n) is 4.61.